The van der Waals surface area contributed by atoms with Crippen LogP contribution in [-0.2, 0) is 0 Å². The van der Waals surface area contributed by atoms with Gasteiger partial charge in [0.25, 0.3) is 0 Å². The van der Waals surface area contributed by atoms with Crippen LogP contribution in [0.2, 0.25) is 0 Å². The van der Waals surface area contributed by atoms with Crippen molar-refractivity contribution in [1.82, 2.24) is 19.9 Å². The molecule has 2 aromatic heterocycles. The molecule has 9 heteroatoms. The highest BCUT2D eigenvalue weighted by Gasteiger charge is 2.20. The highest BCUT2D eigenvalue weighted by Crippen LogP contribution is 2.20. The Bertz CT molecular complexity index is 683. The minimum Gasteiger partial charge on any atom is -0.370 e. The van der Waals surface area contributed by atoms with Gasteiger partial charge >= 0.3 is 0 Å². The molecule has 0 radical (unpaired) electrons. The number of aliphatic imine (C=N–C) groups is 1. The average Bonchev–Trinajstić information content (AvgIpc) is 3.07. The first kappa shape index (κ1) is 19.8. The van der Waals surface area contributed by atoms with Crippen LogP contribution >= 0.6 is 35.3 Å². The van der Waals surface area contributed by atoms with Gasteiger partial charge in [0.15, 0.2) is 5.96 Å². The van der Waals surface area contributed by atoms with Gasteiger partial charge in [-0.3, -0.25) is 4.99 Å². The molecule has 3 heterocycles. The molecular formula is C16H24IN7S. The molecule has 1 aliphatic heterocycles. The molecule has 0 amide bonds. The van der Waals surface area contributed by atoms with Gasteiger partial charge in [-0.1, -0.05) is 6.92 Å². The molecule has 7 nitrogen and oxygen atoms in total. The molecule has 1 unspecified atom stereocenters. The van der Waals surface area contributed by atoms with Gasteiger partial charge in [-0.05, 0) is 13.0 Å². The summed E-state index contributed by atoms with van der Waals surface area (Å²) in [6.45, 7) is 8.18. The largest absolute Gasteiger partial charge is 0.370 e. The van der Waals surface area contributed by atoms with Crippen molar-refractivity contribution >= 4 is 47.2 Å². The van der Waals surface area contributed by atoms with E-state index in [0.717, 1.165) is 42.8 Å². The Kier molecular flexibility index (Phi) is 7.36. The van der Waals surface area contributed by atoms with Crippen LogP contribution in [-0.4, -0.2) is 58.5 Å². The zero-order valence-electron chi connectivity index (χ0n) is 14.5. The topological polar surface area (TPSA) is 83.5 Å². The van der Waals surface area contributed by atoms with Gasteiger partial charge in [-0.15, -0.1) is 35.3 Å². The minimum absolute atomic E-state index is 0. The molecule has 0 saturated carbocycles. The maximum absolute atomic E-state index is 6.17. The first-order valence-electron chi connectivity index (χ1n) is 8.12. The van der Waals surface area contributed by atoms with E-state index in [4.69, 9.17) is 5.73 Å². The second-order valence-electron chi connectivity index (χ2n) is 5.95. The predicted molar refractivity (Wildman–Crippen MR) is 113 cm³/mol. The number of hydrogen-bond acceptors (Lipinski definition) is 6. The summed E-state index contributed by atoms with van der Waals surface area (Å²) < 4.78 is 0. The van der Waals surface area contributed by atoms with Crippen LogP contribution in [0, 0.1) is 6.92 Å². The number of rotatable bonds is 4. The molecule has 0 aliphatic carbocycles. The van der Waals surface area contributed by atoms with Crippen LogP contribution in [0.4, 0.5) is 5.95 Å². The van der Waals surface area contributed by atoms with Gasteiger partial charge in [0.1, 0.15) is 0 Å². The average molecular weight is 473 g/mol. The number of nitrogens with two attached hydrogens (primary N) is 1. The second kappa shape index (κ2) is 9.27. The molecule has 2 aromatic rings. The first-order chi connectivity index (χ1) is 11.6. The normalized spacial score (nSPS) is 16.5. The fraction of sp³-hybridized carbons (Fsp3) is 0.500. The van der Waals surface area contributed by atoms with E-state index in [1.165, 1.54) is 0 Å². The Hall–Kier alpha value is -1.49. The lowest BCUT2D eigenvalue weighted by Crippen LogP contribution is -2.51. The van der Waals surface area contributed by atoms with Crippen molar-refractivity contribution in [3.63, 3.8) is 0 Å². The molecule has 1 fully saturated rings. The van der Waals surface area contributed by atoms with E-state index in [9.17, 15) is 0 Å². The maximum atomic E-state index is 6.17. The van der Waals surface area contributed by atoms with E-state index in [0.29, 0.717) is 18.4 Å². The number of hydrogen-bond donors (Lipinski definition) is 1. The maximum Gasteiger partial charge on any atom is 0.225 e. The lowest BCUT2D eigenvalue weighted by Gasteiger charge is -2.35. The molecule has 25 heavy (non-hydrogen) atoms. The van der Waals surface area contributed by atoms with E-state index < -0.39 is 0 Å². The van der Waals surface area contributed by atoms with Crippen LogP contribution in [0.1, 0.15) is 23.5 Å². The summed E-state index contributed by atoms with van der Waals surface area (Å²) in [5, 5.41) is 3.19. The van der Waals surface area contributed by atoms with Crippen molar-refractivity contribution in [2.45, 2.75) is 19.8 Å². The smallest absolute Gasteiger partial charge is 0.225 e. The van der Waals surface area contributed by atoms with Crippen LogP contribution in [0.25, 0.3) is 0 Å². The van der Waals surface area contributed by atoms with Gasteiger partial charge < -0.3 is 15.5 Å². The number of piperazine rings is 1. The number of halogens is 1. The van der Waals surface area contributed by atoms with Crippen molar-refractivity contribution in [3.8, 4) is 0 Å². The van der Waals surface area contributed by atoms with Gasteiger partial charge in [0, 0.05) is 55.6 Å². The molecule has 1 aliphatic rings. The number of anilines is 1. The highest BCUT2D eigenvalue weighted by atomic mass is 127. The molecule has 2 N–H and O–H groups in total. The third-order valence-electron chi connectivity index (χ3n) is 4.02. The van der Waals surface area contributed by atoms with Crippen molar-refractivity contribution < 1.29 is 0 Å². The molecule has 1 atom stereocenters. The summed E-state index contributed by atoms with van der Waals surface area (Å²) >= 11 is 1.69. The summed E-state index contributed by atoms with van der Waals surface area (Å²) in [5.74, 6) is 1.69. The summed E-state index contributed by atoms with van der Waals surface area (Å²) in [6, 6.07) is 1.83. The van der Waals surface area contributed by atoms with Gasteiger partial charge in [0.05, 0.1) is 11.6 Å². The fourth-order valence-corrected chi connectivity index (χ4v) is 3.44. The SMILES string of the molecule is Cc1csc(C(C)CN=C(N)N2CCN(c3ncccn3)CC2)n1.I. The quantitative estimate of drug-likeness (QED) is 0.416. The van der Waals surface area contributed by atoms with Gasteiger partial charge in [0.2, 0.25) is 5.95 Å². The number of aryl methyl sites for hydroxylation is 1. The second-order valence-corrected chi connectivity index (χ2v) is 6.84. The Labute approximate surface area is 169 Å². The number of nitrogens with zero attached hydrogens (tertiary/aromatic N) is 6. The van der Waals surface area contributed by atoms with Crippen LogP contribution in [0.15, 0.2) is 28.8 Å². The zero-order valence-corrected chi connectivity index (χ0v) is 17.6. The minimum atomic E-state index is 0. The predicted octanol–water partition coefficient (Wildman–Crippen LogP) is 2.10. The zero-order chi connectivity index (χ0) is 16.9. The first-order valence-corrected chi connectivity index (χ1v) is 9.00. The summed E-state index contributed by atoms with van der Waals surface area (Å²) in [6.07, 6.45) is 3.54. The summed E-state index contributed by atoms with van der Waals surface area (Å²) in [4.78, 5) is 22.0. The van der Waals surface area contributed by atoms with E-state index in [1.54, 1.807) is 23.7 Å². The molecule has 1 saturated heterocycles. The van der Waals surface area contributed by atoms with Crippen molar-refractivity contribution in [2.75, 3.05) is 37.6 Å². The van der Waals surface area contributed by atoms with Crippen LogP contribution < -0.4 is 10.6 Å². The van der Waals surface area contributed by atoms with Crippen molar-refractivity contribution in [1.29, 1.82) is 0 Å². The number of aromatic nitrogens is 3. The fourth-order valence-electron chi connectivity index (χ4n) is 2.60. The lowest BCUT2D eigenvalue weighted by atomic mass is 10.2. The molecular weight excluding hydrogens is 449 g/mol. The lowest BCUT2D eigenvalue weighted by molar-refractivity contribution is 0.378. The monoisotopic (exact) mass is 473 g/mol. The van der Waals surface area contributed by atoms with E-state index >= 15 is 0 Å². The third kappa shape index (κ3) is 5.24. The van der Waals surface area contributed by atoms with Gasteiger partial charge in [-0.25, -0.2) is 15.0 Å². The highest BCUT2D eigenvalue weighted by molar-refractivity contribution is 14.0. The summed E-state index contributed by atoms with van der Waals surface area (Å²) in [5.41, 5.74) is 7.24. The molecule has 0 aromatic carbocycles. The standard InChI is InChI=1S/C16H23N7S.HI/c1-12(14-21-13(2)11-24-14)10-20-15(17)22-6-8-23(9-7-22)16-18-4-3-5-19-16;/h3-5,11-12H,6-10H2,1-2H3,(H2,17,20);1H. The van der Waals surface area contributed by atoms with Crippen LogP contribution in [0.3, 0.4) is 0 Å². The Morgan fingerprint density at radius 2 is 1.96 bits per heavy atom. The van der Waals surface area contributed by atoms with E-state index in [1.807, 2.05) is 13.0 Å². The van der Waals surface area contributed by atoms with E-state index in [2.05, 4.69) is 42.0 Å². The Morgan fingerprint density at radius 3 is 2.56 bits per heavy atom. The third-order valence-corrected chi connectivity index (χ3v) is 5.22. The Balaban J connectivity index is 0.00000225. The molecule has 0 bridgehead atoms. The van der Waals surface area contributed by atoms with Crippen molar-refractivity contribution in [2.24, 2.45) is 10.7 Å². The summed E-state index contributed by atoms with van der Waals surface area (Å²) in [7, 11) is 0. The van der Waals surface area contributed by atoms with Gasteiger partial charge in [-0.2, -0.15) is 0 Å². The van der Waals surface area contributed by atoms with Crippen molar-refractivity contribution in [3.05, 3.63) is 34.5 Å². The molecule has 0 spiro atoms. The molecule has 3 rings (SSSR count). The molecule has 136 valence electrons. The Morgan fingerprint density at radius 1 is 1.28 bits per heavy atom. The number of thiazole rings is 1. The number of guanidine groups is 1. The van der Waals surface area contributed by atoms with Crippen LogP contribution in [0.5, 0.6) is 0 Å². The van der Waals surface area contributed by atoms with E-state index in [-0.39, 0.29) is 24.0 Å².